The summed E-state index contributed by atoms with van der Waals surface area (Å²) in [6.07, 6.45) is 4.96. The third kappa shape index (κ3) is 3.28. The van der Waals surface area contributed by atoms with Crippen LogP contribution < -0.4 is 5.73 Å². The number of nitrogens with two attached hydrogens (primary N) is 1. The fraction of sp³-hybridized carbons (Fsp3) is 0.533. The average molecular weight is 282 g/mol. The molecular weight excluding hydrogens is 262 g/mol. The zero-order valence-electron chi connectivity index (χ0n) is 11.0. The first-order chi connectivity index (χ1) is 9.18. The Balaban J connectivity index is 1.98. The highest BCUT2D eigenvalue weighted by Crippen LogP contribution is 2.36. The first-order valence-corrected chi connectivity index (χ1v) is 7.16. The monoisotopic (exact) mass is 281 g/mol. The second-order valence-electron chi connectivity index (χ2n) is 5.21. The second kappa shape index (κ2) is 6.40. The topological polar surface area (TPSA) is 52.3 Å². The summed E-state index contributed by atoms with van der Waals surface area (Å²) in [6, 6.07) is 7.40. The van der Waals surface area contributed by atoms with E-state index in [0.717, 1.165) is 31.2 Å². The molecule has 1 aromatic rings. The predicted octanol–water partition coefficient (Wildman–Crippen LogP) is 3.29. The molecule has 3 nitrogen and oxygen atoms in total. The number of halogens is 1. The molecule has 2 rings (SSSR count). The molecule has 104 valence electrons. The van der Waals surface area contributed by atoms with Crippen molar-refractivity contribution in [1.82, 2.24) is 0 Å². The van der Waals surface area contributed by atoms with Crippen LogP contribution in [0.4, 0.5) is 0 Å². The van der Waals surface area contributed by atoms with E-state index in [1.54, 1.807) is 6.07 Å². The van der Waals surface area contributed by atoms with E-state index in [4.69, 9.17) is 22.1 Å². The molecule has 1 saturated carbocycles. The molecule has 0 heterocycles. The Morgan fingerprint density at radius 2 is 1.95 bits per heavy atom. The molecule has 1 fully saturated rings. The number of carbonyl (C=O) groups excluding carboxylic acids is 1. The highest BCUT2D eigenvalue weighted by Gasteiger charge is 2.39. The van der Waals surface area contributed by atoms with Crippen molar-refractivity contribution in [3.05, 3.63) is 34.9 Å². The first kappa shape index (κ1) is 14.4. The van der Waals surface area contributed by atoms with Gasteiger partial charge < -0.3 is 10.5 Å². The van der Waals surface area contributed by atoms with Crippen LogP contribution in [0.15, 0.2) is 24.3 Å². The lowest BCUT2D eigenvalue weighted by Gasteiger charge is -2.33. The summed E-state index contributed by atoms with van der Waals surface area (Å²) < 4.78 is 5.44. The van der Waals surface area contributed by atoms with Crippen molar-refractivity contribution in [3.63, 3.8) is 0 Å². The smallest absolute Gasteiger partial charge is 0.313 e. The Bertz CT molecular complexity index is 442. The SMILES string of the molecule is NCC1(C(=O)OCc2ccccc2Cl)CCCCC1. The molecule has 0 bridgehead atoms. The van der Waals surface area contributed by atoms with E-state index in [1.165, 1.54) is 6.42 Å². The Morgan fingerprint density at radius 1 is 1.26 bits per heavy atom. The number of rotatable bonds is 4. The number of hydrogen-bond acceptors (Lipinski definition) is 3. The van der Waals surface area contributed by atoms with Gasteiger partial charge in [-0.2, -0.15) is 0 Å². The van der Waals surface area contributed by atoms with Crippen LogP contribution in [0.3, 0.4) is 0 Å². The summed E-state index contributed by atoms with van der Waals surface area (Å²) in [6.45, 7) is 0.592. The van der Waals surface area contributed by atoms with Gasteiger partial charge in [0.05, 0.1) is 5.41 Å². The van der Waals surface area contributed by atoms with E-state index >= 15 is 0 Å². The van der Waals surface area contributed by atoms with Crippen molar-refractivity contribution in [1.29, 1.82) is 0 Å². The maximum atomic E-state index is 12.3. The van der Waals surface area contributed by atoms with Crippen molar-refractivity contribution in [2.24, 2.45) is 11.1 Å². The van der Waals surface area contributed by atoms with Crippen LogP contribution in [0.2, 0.25) is 5.02 Å². The lowest BCUT2D eigenvalue weighted by Crippen LogP contribution is -2.41. The average Bonchev–Trinajstić information content (AvgIpc) is 2.46. The molecule has 4 heteroatoms. The van der Waals surface area contributed by atoms with E-state index in [0.29, 0.717) is 11.6 Å². The fourth-order valence-corrected chi connectivity index (χ4v) is 2.82. The van der Waals surface area contributed by atoms with Crippen molar-refractivity contribution in [3.8, 4) is 0 Å². The van der Waals surface area contributed by atoms with Gasteiger partial charge in [0.1, 0.15) is 6.61 Å². The minimum absolute atomic E-state index is 0.172. The van der Waals surface area contributed by atoms with Crippen molar-refractivity contribution < 1.29 is 9.53 Å². The number of ether oxygens (including phenoxy) is 1. The van der Waals surface area contributed by atoms with Gasteiger partial charge in [0.2, 0.25) is 0 Å². The summed E-state index contributed by atoms with van der Waals surface area (Å²) in [5.41, 5.74) is 6.17. The van der Waals surface area contributed by atoms with Crippen LogP contribution >= 0.6 is 11.6 Å². The molecule has 0 aliphatic heterocycles. The van der Waals surface area contributed by atoms with E-state index in [1.807, 2.05) is 18.2 Å². The second-order valence-corrected chi connectivity index (χ2v) is 5.62. The zero-order valence-corrected chi connectivity index (χ0v) is 11.8. The number of esters is 1. The van der Waals surface area contributed by atoms with Gasteiger partial charge in [-0.05, 0) is 18.9 Å². The molecule has 0 spiro atoms. The normalized spacial score (nSPS) is 18.0. The van der Waals surface area contributed by atoms with Crippen LogP contribution in [-0.4, -0.2) is 12.5 Å². The van der Waals surface area contributed by atoms with Crippen LogP contribution in [0.25, 0.3) is 0 Å². The molecule has 0 atom stereocenters. The zero-order chi connectivity index (χ0) is 13.7. The Morgan fingerprint density at radius 3 is 2.58 bits per heavy atom. The minimum atomic E-state index is -0.473. The molecule has 0 saturated heterocycles. The largest absolute Gasteiger partial charge is 0.460 e. The Hall–Kier alpha value is -1.06. The molecular formula is C15H20ClNO2. The van der Waals surface area contributed by atoms with Crippen molar-refractivity contribution in [2.45, 2.75) is 38.7 Å². The van der Waals surface area contributed by atoms with E-state index in [9.17, 15) is 4.79 Å². The lowest BCUT2D eigenvalue weighted by atomic mass is 9.74. The van der Waals surface area contributed by atoms with Crippen LogP contribution in [0.1, 0.15) is 37.7 Å². The first-order valence-electron chi connectivity index (χ1n) is 6.79. The third-order valence-electron chi connectivity index (χ3n) is 3.95. The molecule has 19 heavy (non-hydrogen) atoms. The van der Waals surface area contributed by atoms with Gasteiger partial charge in [0.15, 0.2) is 0 Å². The van der Waals surface area contributed by atoms with Crippen molar-refractivity contribution in [2.75, 3.05) is 6.54 Å². The van der Waals surface area contributed by atoms with E-state index in [-0.39, 0.29) is 12.6 Å². The van der Waals surface area contributed by atoms with E-state index in [2.05, 4.69) is 0 Å². The van der Waals surface area contributed by atoms with Gasteiger partial charge in [-0.1, -0.05) is 49.1 Å². The Labute approximate surface area is 119 Å². The third-order valence-corrected chi connectivity index (χ3v) is 4.32. The van der Waals surface area contributed by atoms with Gasteiger partial charge in [-0.15, -0.1) is 0 Å². The summed E-state index contributed by atoms with van der Waals surface area (Å²) in [5, 5.41) is 0.626. The van der Waals surface area contributed by atoms with Crippen LogP contribution in [0.5, 0.6) is 0 Å². The summed E-state index contributed by atoms with van der Waals surface area (Å²) in [5.74, 6) is -0.172. The summed E-state index contributed by atoms with van der Waals surface area (Å²) in [4.78, 5) is 12.3. The number of hydrogen-bond donors (Lipinski definition) is 1. The Kier molecular flexibility index (Phi) is 4.83. The lowest BCUT2D eigenvalue weighted by molar-refractivity contribution is -0.158. The molecule has 0 unspecified atom stereocenters. The molecule has 1 aliphatic rings. The van der Waals surface area contributed by atoms with Gasteiger partial charge in [0.25, 0.3) is 0 Å². The predicted molar refractivity (Wildman–Crippen MR) is 75.8 cm³/mol. The van der Waals surface area contributed by atoms with Crippen LogP contribution in [0, 0.1) is 5.41 Å². The molecule has 0 radical (unpaired) electrons. The fourth-order valence-electron chi connectivity index (χ4n) is 2.63. The molecule has 1 aliphatic carbocycles. The molecule has 0 amide bonds. The van der Waals surface area contributed by atoms with Gasteiger partial charge in [0, 0.05) is 17.1 Å². The van der Waals surface area contributed by atoms with Gasteiger partial charge >= 0.3 is 5.97 Å². The van der Waals surface area contributed by atoms with Gasteiger partial charge in [-0.3, -0.25) is 4.79 Å². The molecule has 1 aromatic carbocycles. The van der Waals surface area contributed by atoms with Crippen molar-refractivity contribution >= 4 is 17.6 Å². The minimum Gasteiger partial charge on any atom is -0.460 e. The quantitative estimate of drug-likeness (QED) is 0.862. The van der Waals surface area contributed by atoms with Gasteiger partial charge in [-0.25, -0.2) is 0 Å². The molecule has 0 aromatic heterocycles. The maximum absolute atomic E-state index is 12.3. The summed E-state index contributed by atoms with van der Waals surface area (Å²) >= 11 is 6.05. The number of carbonyl (C=O) groups is 1. The maximum Gasteiger partial charge on any atom is 0.313 e. The van der Waals surface area contributed by atoms with E-state index < -0.39 is 5.41 Å². The van der Waals surface area contributed by atoms with Crippen LogP contribution in [-0.2, 0) is 16.1 Å². The standard InChI is InChI=1S/C15H20ClNO2/c16-13-7-3-2-6-12(13)10-19-14(18)15(11-17)8-4-1-5-9-15/h2-3,6-7H,1,4-5,8-11,17H2. The molecule has 2 N–H and O–H groups in total. The number of benzene rings is 1. The highest BCUT2D eigenvalue weighted by atomic mass is 35.5. The highest BCUT2D eigenvalue weighted by molar-refractivity contribution is 6.31. The summed E-state index contributed by atoms with van der Waals surface area (Å²) in [7, 11) is 0.